The van der Waals surface area contributed by atoms with Gasteiger partial charge in [0.1, 0.15) is 6.10 Å². The first kappa shape index (κ1) is 60.1. The lowest BCUT2D eigenvalue weighted by atomic mass is 10.0. The number of amides is 1. The van der Waals surface area contributed by atoms with Crippen LogP contribution in [0.2, 0.25) is 0 Å². The number of esters is 1. The molecule has 0 aliphatic carbocycles. The molecule has 0 aromatic heterocycles. The quantitative estimate of drug-likeness (QED) is 0.0321. The van der Waals surface area contributed by atoms with E-state index in [9.17, 15) is 19.8 Å². The Morgan fingerprint density at radius 3 is 1.31 bits per heavy atom. The average molecular weight is 872 g/mol. The molecule has 0 bridgehead atoms. The number of nitrogens with one attached hydrogen (secondary N) is 1. The van der Waals surface area contributed by atoms with Crippen LogP contribution in [0.1, 0.15) is 284 Å². The number of carbonyl (C=O) groups is 2. The van der Waals surface area contributed by atoms with E-state index in [0.717, 1.165) is 70.6 Å². The van der Waals surface area contributed by atoms with Gasteiger partial charge in [0, 0.05) is 6.42 Å². The van der Waals surface area contributed by atoms with Crippen LogP contribution in [0.25, 0.3) is 0 Å². The van der Waals surface area contributed by atoms with Crippen LogP contribution in [0.3, 0.4) is 0 Å². The first-order chi connectivity index (χ1) is 30.5. The first-order valence-corrected chi connectivity index (χ1v) is 27.2. The Kier molecular flexibility index (Phi) is 48.5. The smallest absolute Gasteiger partial charge is 0.306 e. The van der Waals surface area contributed by atoms with E-state index in [-0.39, 0.29) is 24.9 Å². The fourth-order valence-electron chi connectivity index (χ4n) is 8.43. The third-order valence-electron chi connectivity index (χ3n) is 12.5. The van der Waals surface area contributed by atoms with Crippen molar-refractivity contribution in [1.29, 1.82) is 0 Å². The molecule has 3 N–H and O–H groups in total. The third-order valence-corrected chi connectivity index (χ3v) is 12.5. The van der Waals surface area contributed by atoms with Crippen LogP contribution in [0, 0.1) is 0 Å². The molecule has 62 heavy (non-hydrogen) atoms. The van der Waals surface area contributed by atoms with E-state index in [1.807, 2.05) is 6.08 Å². The summed E-state index contributed by atoms with van der Waals surface area (Å²) in [6, 6.07) is -0.709. The average Bonchev–Trinajstić information content (AvgIpc) is 3.26. The molecule has 1 amide bonds. The molecule has 0 saturated carbocycles. The highest BCUT2D eigenvalue weighted by Gasteiger charge is 2.24. The summed E-state index contributed by atoms with van der Waals surface area (Å²) < 4.78 is 5.92. The normalized spacial score (nSPS) is 13.4. The molecule has 0 heterocycles. The number of hydrogen-bond acceptors (Lipinski definition) is 5. The fraction of sp³-hybridized carbons (Fsp3) is 0.857. The largest absolute Gasteiger partial charge is 0.462 e. The summed E-state index contributed by atoms with van der Waals surface area (Å²) in [5, 5.41) is 23.8. The number of ether oxygens (including phenoxy) is 1. The molecular weight excluding hydrogens is 767 g/mol. The fourth-order valence-corrected chi connectivity index (χ4v) is 8.43. The van der Waals surface area contributed by atoms with Crippen LogP contribution < -0.4 is 5.32 Å². The predicted octanol–water partition coefficient (Wildman–Crippen LogP) is 16.5. The topological polar surface area (TPSA) is 95.9 Å². The standard InChI is InChI=1S/C56H105NO5/c1-4-7-10-13-16-19-22-24-26-27-28-29-31-34-37-40-43-46-49-56(61)62-52(47-44-41-38-35-32-21-18-15-12-9-6-3)50-55(60)57-53(51-58)54(59)48-45-42-39-36-33-30-25-23-20-17-14-11-8-5-2/h9,12,15,18,21,32,52-54,58-59H,4-8,10-11,13-14,16-17,19-20,22-31,33-51H2,1-3H3,(H,57,60)/b12-9+,18-15+,32-21-. The maximum absolute atomic E-state index is 13.2. The highest BCUT2D eigenvalue weighted by Crippen LogP contribution is 2.18. The molecular formula is C56H105NO5. The van der Waals surface area contributed by atoms with Gasteiger partial charge in [0.2, 0.25) is 5.91 Å². The minimum absolute atomic E-state index is 0.0584. The molecule has 0 aromatic rings. The highest BCUT2D eigenvalue weighted by molar-refractivity contribution is 5.77. The Morgan fingerprint density at radius 1 is 0.484 bits per heavy atom. The van der Waals surface area contributed by atoms with Crippen molar-refractivity contribution in [1.82, 2.24) is 5.32 Å². The maximum Gasteiger partial charge on any atom is 0.306 e. The lowest BCUT2D eigenvalue weighted by Crippen LogP contribution is -2.46. The van der Waals surface area contributed by atoms with Crippen molar-refractivity contribution in [2.75, 3.05) is 6.61 Å². The van der Waals surface area contributed by atoms with Crippen molar-refractivity contribution in [2.24, 2.45) is 0 Å². The highest BCUT2D eigenvalue weighted by atomic mass is 16.5. The lowest BCUT2D eigenvalue weighted by molar-refractivity contribution is -0.151. The summed E-state index contributed by atoms with van der Waals surface area (Å²) in [6.45, 7) is 6.36. The number of hydrogen-bond donors (Lipinski definition) is 3. The summed E-state index contributed by atoms with van der Waals surface area (Å²) in [5.41, 5.74) is 0. The number of carbonyl (C=O) groups excluding carboxylic acids is 2. The zero-order valence-electron chi connectivity index (χ0n) is 41.5. The molecule has 3 atom stereocenters. The van der Waals surface area contributed by atoms with E-state index in [4.69, 9.17) is 4.74 Å². The van der Waals surface area contributed by atoms with Crippen molar-refractivity contribution in [3.8, 4) is 0 Å². The molecule has 3 unspecified atom stereocenters. The Hall–Kier alpha value is -1.92. The van der Waals surface area contributed by atoms with Crippen LogP contribution in [0.15, 0.2) is 36.5 Å². The molecule has 6 nitrogen and oxygen atoms in total. The molecule has 0 aliphatic heterocycles. The molecule has 0 fully saturated rings. The van der Waals surface area contributed by atoms with Gasteiger partial charge in [0.15, 0.2) is 0 Å². The summed E-state index contributed by atoms with van der Waals surface area (Å²) in [5.74, 6) is -0.496. The van der Waals surface area contributed by atoms with Crippen LogP contribution in [0.5, 0.6) is 0 Å². The molecule has 0 rings (SSSR count). The van der Waals surface area contributed by atoms with Gasteiger partial charge in [0.25, 0.3) is 0 Å². The number of allylic oxidation sites excluding steroid dienone is 6. The second-order valence-electron chi connectivity index (χ2n) is 18.7. The summed E-state index contributed by atoms with van der Waals surface area (Å²) in [4.78, 5) is 26.2. The molecule has 6 heteroatoms. The maximum atomic E-state index is 13.2. The number of unbranched alkanes of at least 4 members (excludes halogenated alkanes) is 33. The molecule has 0 saturated heterocycles. The molecule has 0 radical (unpaired) electrons. The minimum atomic E-state index is -0.794. The Balaban J connectivity index is 4.47. The van der Waals surface area contributed by atoms with Crippen molar-refractivity contribution >= 4 is 11.9 Å². The van der Waals surface area contributed by atoms with Gasteiger partial charge in [-0.1, -0.05) is 263 Å². The van der Waals surface area contributed by atoms with Gasteiger partial charge in [-0.15, -0.1) is 0 Å². The van der Waals surface area contributed by atoms with E-state index >= 15 is 0 Å². The van der Waals surface area contributed by atoms with Gasteiger partial charge in [-0.25, -0.2) is 0 Å². The van der Waals surface area contributed by atoms with E-state index in [1.54, 1.807) is 0 Å². The van der Waals surface area contributed by atoms with Crippen molar-refractivity contribution in [3.63, 3.8) is 0 Å². The van der Waals surface area contributed by atoms with Crippen LogP contribution in [-0.2, 0) is 14.3 Å². The van der Waals surface area contributed by atoms with Gasteiger partial charge in [-0.3, -0.25) is 9.59 Å². The van der Waals surface area contributed by atoms with Crippen LogP contribution in [-0.4, -0.2) is 46.9 Å². The molecule has 0 spiro atoms. The number of rotatable bonds is 49. The van der Waals surface area contributed by atoms with Gasteiger partial charge >= 0.3 is 5.97 Å². The summed E-state index contributed by atoms with van der Waals surface area (Å²) in [7, 11) is 0. The SMILES string of the molecule is CC/C=C/C=C/C=C\CCCCCC(CC(=O)NC(CO)C(O)CCCCCCCCCCCCCCCC)OC(=O)CCCCCCCCCCCCCCCCCCCC. The third kappa shape index (κ3) is 44.7. The summed E-state index contributed by atoms with van der Waals surface area (Å²) >= 11 is 0. The van der Waals surface area contributed by atoms with Crippen LogP contribution >= 0.6 is 0 Å². The van der Waals surface area contributed by atoms with E-state index < -0.39 is 18.2 Å². The Morgan fingerprint density at radius 2 is 0.871 bits per heavy atom. The minimum Gasteiger partial charge on any atom is -0.462 e. The zero-order chi connectivity index (χ0) is 45.2. The van der Waals surface area contributed by atoms with E-state index in [1.165, 1.54) is 167 Å². The lowest BCUT2D eigenvalue weighted by Gasteiger charge is -2.24. The van der Waals surface area contributed by atoms with Gasteiger partial charge in [-0.05, 0) is 44.9 Å². The number of aliphatic hydroxyl groups is 2. The van der Waals surface area contributed by atoms with Crippen molar-refractivity contribution < 1.29 is 24.5 Å². The molecule has 0 aromatic carbocycles. The zero-order valence-corrected chi connectivity index (χ0v) is 41.5. The molecule has 364 valence electrons. The van der Waals surface area contributed by atoms with Crippen molar-refractivity contribution in [3.05, 3.63) is 36.5 Å². The van der Waals surface area contributed by atoms with Gasteiger partial charge in [-0.2, -0.15) is 0 Å². The second-order valence-corrected chi connectivity index (χ2v) is 18.7. The number of aliphatic hydroxyl groups excluding tert-OH is 2. The first-order valence-electron chi connectivity index (χ1n) is 27.2. The van der Waals surface area contributed by atoms with E-state index in [2.05, 4.69) is 56.5 Å². The van der Waals surface area contributed by atoms with E-state index in [0.29, 0.717) is 19.3 Å². The van der Waals surface area contributed by atoms with Gasteiger partial charge in [0.05, 0.1) is 25.2 Å². The molecule has 0 aliphatic rings. The Labute approximate surface area is 385 Å². The van der Waals surface area contributed by atoms with Crippen LogP contribution in [0.4, 0.5) is 0 Å². The Bertz CT molecular complexity index is 1020. The summed E-state index contributed by atoms with van der Waals surface area (Å²) in [6.07, 6.45) is 59.3. The van der Waals surface area contributed by atoms with Crippen molar-refractivity contribution in [2.45, 2.75) is 302 Å². The van der Waals surface area contributed by atoms with Gasteiger partial charge < -0.3 is 20.3 Å². The predicted molar refractivity (Wildman–Crippen MR) is 269 cm³/mol. The second kappa shape index (κ2) is 50.1. The monoisotopic (exact) mass is 872 g/mol.